The molecule has 148 valence electrons. The lowest BCUT2D eigenvalue weighted by molar-refractivity contribution is -0.121. The van der Waals surface area contributed by atoms with Crippen molar-refractivity contribution in [1.29, 1.82) is 0 Å². The van der Waals surface area contributed by atoms with Gasteiger partial charge in [-0.15, -0.1) is 0 Å². The molecule has 0 aromatic heterocycles. The van der Waals surface area contributed by atoms with Gasteiger partial charge in [-0.1, -0.05) is 48.5 Å². The van der Waals surface area contributed by atoms with E-state index in [0.717, 1.165) is 5.56 Å². The van der Waals surface area contributed by atoms with Crippen LogP contribution in [0.2, 0.25) is 0 Å². The molecule has 6 heteroatoms. The Hall–Kier alpha value is -3.54. The van der Waals surface area contributed by atoms with Crippen molar-refractivity contribution in [3.63, 3.8) is 0 Å². The van der Waals surface area contributed by atoms with Gasteiger partial charge in [-0.25, -0.2) is 8.78 Å². The smallest absolute Gasteiger partial charge is 0.254 e. The standard InChI is InChI=1S/C23H20F2N2O2/c1-26-22(28)14-21(16-5-3-2-4-6-16)27-23(29)19-12-9-17(13-20(19)25)15-7-10-18(24)11-8-15/h2-13,21H,14H2,1H3,(H,26,28)(H,27,29). The first kappa shape index (κ1) is 20.2. The second kappa shape index (κ2) is 9.10. The Morgan fingerprint density at radius 1 is 0.897 bits per heavy atom. The predicted octanol–water partition coefficient (Wildman–Crippen LogP) is 4.24. The highest BCUT2D eigenvalue weighted by atomic mass is 19.1. The Balaban J connectivity index is 1.82. The molecule has 29 heavy (non-hydrogen) atoms. The van der Waals surface area contributed by atoms with Crippen LogP contribution in [0.3, 0.4) is 0 Å². The topological polar surface area (TPSA) is 58.2 Å². The van der Waals surface area contributed by atoms with E-state index in [1.807, 2.05) is 6.07 Å². The Morgan fingerprint density at radius 2 is 1.55 bits per heavy atom. The molecule has 0 radical (unpaired) electrons. The second-order valence-corrected chi connectivity index (χ2v) is 6.52. The highest BCUT2D eigenvalue weighted by molar-refractivity contribution is 5.95. The van der Waals surface area contributed by atoms with E-state index in [9.17, 15) is 18.4 Å². The van der Waals surface area contributed by atoms with Gasteiger partial charge in [-0.05, 0) is 41.0 Å². The number of amides is 2. The van der Waals surface area contributed by atoms with Crippen LogP contribution in [-0.2, 0) is 4.79 Å². The van der Waals surface area contributed by atoms with Crippen molar-refractivity contribution >= 4 is 11.8 Å². The number of hydrogen-bond donors (Lipinski definition) is 2. The van der Waals surface area contributed by atoms with E-state index in [1.54, 1.807) is 42.5 Å². The third-order valence-corrected chi connectivity index (χ3v) is 4.57. The van der Waals surface area contributed by atoms with Gasteiger partial charge in [0.1, 0.15) is 11.6 Å². The van der Waals surface area contributed by atoms with E-state index in [2.05, 4.69) is 10.6 Å². The number of rotatable bonds is 6. The maximum Gasteiger partial charge on any atom is 0.254 e. The number of halogens is 2. The van der Waals surface area contributed by atoms with E-state index in [-0.39, 0.29) is 23.7 Å². The van der Waals surface area contributed by atoms with Crippen molar-refractivity contribution in [1.82, 2.24) is 10.6 Å². The van der Waals surface area contributed by atoms with Crippen LogP contribution in [0.25, 0.3) is 11.1 Å². The van der Waals surface area contributed by atoms with Crippen LogP contribution in [0.4, 0.5) is 8.78 Å². The maximum atomic E-state index is 14.6. The van der Waals surface area contributed by atoms with Gasteiger partial charge in [0, 0.05) is 7.05 Å². The van der Waals surface area contributed by atoms with Crippen molar-refractivity contribution in [2.45, 2.75) is 12.5 Å². The molecule has 1 unspecified atom stereocenters. The van der Waals surface area contributed by atoms with Crippen molar-refractivity contribution in [3.8, 4) is 11.1 Å². The van der Waals surface area contributed by atoms with Crippen LogP contribution in [0.15, 0.2) is 72.8 Å². The summed E-state index contributed by atoms with van der Waals surface area (Å²) < 4.78 is 27.7. The van der Waals surface area contributed by atoms with Crippen LogP contribution in [0.1, 0.15) is 28.4 Å². The number of carbonyl (C=O) groups excluding carboxylic acids is 2. The highest BCUT2D eigenvalue weighted by Gasteiger charge is 2.21. The van der Waals surface area contributed by atoms with Gasteiger partial charge in [-0.2, -0.15) is 0 Å². The van der Waals surface area contributed by atoms with Crippen molar-refractivity contribution in [3.05, 3.63) is 95.6 Å². The largest absolute Gasteiger partial charge is 0.359 e. The fourth-order valence-corrected chi connectivity index (χ4v) is 2.98. The number of hydrogen-bond acceptors (Lipinski definition) is 2. The molecule has 0 saturated carbocycles. The summed E-state index contributed by atoms with van der Waals surface area (Å²) in [5, 5.41) is 5.26. The number of nitrogens with one attached hydrogen (secondary N) is 2. The molecule has 0 heterocycles. The van der Waals surface area contributed by atoms with Gasteiger partial charge in [0.05, 0.1) is 18.0 Å². The molecule has 1 atom stereocenters. The second-order valence-electron chi connectivity index (χ2n) is 6.52. The lowest BCUT2D eigenvalue weighted by atomic mass is 10.0. The molecular formula is C23H20F2N2O2. The summed E-state index contributed by atoms with van der Waals surface area (Å²) in [6.07, 6.45) is 0.0293. The Kier molecular flexibility index (Phi) is 6.34. The summed E-state index contributed by atoms with van der Waals surface area (Å²) in [6.45, 7) is 0. The van der Waals surface area contributed by atoms with Crippen LogP contribution in [0.5, 0.6) is 0 Å². The van der Waals surface area contributed by atoms with E-state index >= 15 is 0 Å². The maximum absolute atomic E-state index is 14.6. The molecule has 2 N–H and O–H groups in total. The summed E-state index contributed by atoms with van der Waals surface area (Å²) in [5.41, 5.74) is 1.78. The lowest BCUT2D eigenvalue weighted by Gasteiger charge is -2.19. The quantitative estimate of drug-likeness (QED) is 0.657. The molecule has 0 saturated heterocycles. The van der Waals surface area contributed by atoms with Crippen molar-refractivity contribution in [2.75, 3.05) is 7.05 Å². The molecule has 0 fully saturated rings. The average molecular weight is 394 g/mol. The van der Waals surface area contributed by atoms with Crippen molar-refractivity contribution in [2.24, 2.45) is 0 Å². The minimum absolute atomic E-state index is 0.0293. The van der Waals surface area contributed by atoms with Crippen LogP contribution in [-0.4, -0.2) is 18.9 Å². The minimum Gasteiger partial charge on any atom is -0.359 e. The minimum atomic E-state index is -0.698. The summed E-state index contributed by atoms with van der Waals surface area (Å²) in [6, 6.07) is 18.3. The monoisotopic (exact) mass is 394 g/mol. The molecule has 3 aromatic carbocycles. The normalized spacial score (nSPS) is 11.6. The molecule has 2 amide bonds. The fraction of sp³-hybridized carbons (Fsp3) is 0.130. The molecule has 0 spiro atoms. The van der Waals surface area contributed by atoms with Crippen LogP contribution < -0.4 is 10.6 Å². The van der Waals surface area contributed by atoms with Crippen molar-refractivity contribution < 1.29 is 18.4 Å². The third-order valence-electron chi connectivity index (χ3n) is 4.57. The predicted molar refractivity (Wildman–Crippen MR) is 107 cm³/mol. The number of benzene rings is 3. The zero-order valence-corrected chi connectivity index (χ0v) is 15.8. The van der Waals surface area contributed by atoms with Gasteiger partial charge in [0.2, 0.25) is 5.91 Å². The number of carbonyl (C=O) groups is 2. The molecular weight excluding hydrogens is 374 g/mol. The van der Waals surface area contributed by atoms with Gasteiger partial charge in [-0.3, -0.25) is 9.59 Å². The Bertz CT molecular complexity index is 1010. The summed E-state index contributed by atoms with van der Waals surface area (Å²) >= 11 is 0. The van der Waals surface area contributed by atoms with E-state index in [4.69, 9.17) is 0 Å². The van der Waals surface area contributed by atoms with Gasteiger partial charge in [0.25, 0.3) is 5.91 Å². The van der Waals surface area contributed by atoms with E-state index in [0.29, 0.717) is 11.1 Å². The zero-order chi connectivity index (χ0) is 20.8. The third kappa shape index (κ3) is 5.04. The fourth-order valence-electron chi connectivity index (χ4n) is 2.98. The summed E-state index contributed by atoms with van der Waals surface area (Å²) in [5.74, 6) is -1.94. The Morgan fingerprint density at radius 3 is 2.17 bits per heavy atom. The van der Waals surface area contributed by atoms with Gasteiger partial charge >= 0.3 is 0 Å². The molecule has 0 aliphatic carbocycles. The highest BCUT2D eigenvalue weighted by Crippen LogP contribution is 2.23. The first-order chi connectivity index (χ1) is 14.0. The van der Waals surface area contributed by atoms with Crippen LogP contribution >= 0.6 is 0 Å². The van der Waals surface area contributed by atoms with E-state index in [1.165, 1.54) is 31.3 Å². The SMILES string of the molecule is CNC(=O)CC(NC(=O)c1ccc(-c2ccc(F)cc2)cc1F)c1ccccc1. The van der Waals surface area contributed by atoms with Crippen LogP contribution in [0, 0.1) is 11.6 Å². The zero-order valence-electron chi connectivity index (χ0n) is 15.8. The van der Waals surface area contributed by atoms with E-state index < -0.39 is 17.8 Å². The molecule has 4 nitrogen and oxygen atoms in total. The summed E-state index contributed by atoms with van der Waals surface area (Å²) in [7, 11) is 1.51. The first-order valence-electron chi connectivity index (χ1n) is 9.10. The molecule has 0 aliphatic heterocycles. The average Bonchev–Trinajstić information content (AvgIpc) is 2.74. The molecule has 3 aromatic rings. The molecule has 0 bridgehead atoms. The Labute approximate surface area is 167 Å². The molecule has 3 rings (SSSR count). The first-order valence-corrected chi connectivity index (χ1v) is 9.10. The van der Waals surface area contributed by atoms with Gasteiger partial charge < -0.3 is 10.6 Å². The molecule has 0 aliphatic rings. The summed E-state index contributed by atoms with van der Waals surface area (Å²) in [4.78, 5) is 24.5. The van der Waals surface area contributed by atoms with Gasteiger partial charge in [0.15, 0.2) is 0 Å². The lowest BCUT2D eigenvalue weighted by Crippen LogP contribution is -2.33.